The summed E-state index contributed by atoms with van der Waals surface area (Å²) >= 11 is 3.45. The molecule has 0 N–H and O–H groups in total. The molecule has 0 heterocycles. The lowest BCUT2D eigenvalue weighted by atomic mass is 10.1. The summed E-state index contributed by atoms with van der Waals surface area (Å²) in [6.07, 6.45) is 3.94. The van der Waals surface area contributed by atoms with Crippen LogP contribution < -0.4 is 0 Å². The van der Waals surface area contributed by atoms with E-state index in [1.54, 1.807) is 0 Å². The van der Waals surface area contributed by atoms with Crippen LogP contribution in [0.25, 0.3) is 0 Å². The molecule has 1 aliphatic carbocycles. The van der Waals surface area contributed by atoms with E-state index in [0.717, 1.165) is 17.7 Å². The van der Waals surface area contributed by atoms with Gasteiger partial charge in [-0.3, -0.25) is 0 Å². The molecule has 0 amide bonds. The van der Waals surface area contributed by atoms with Gasteiger partial charge in [0, 0.05) is 5.33 Å². The van der Waals surface area contributed by atoms with Crippen LogP contribution in [0.15, 0.2) is 24.3 Å². The Morgan fingerprint density at radius 3 is 2.33 bits per heavy atom. The van der Waals surface area contributed by atoms with Gasteiger partial charge in [-0.2, -0.15) is 0 Å². The Labute approximate surface area is 82.1 Å². The van der Waals surface area contributed by atoms with Gasteiger partial charge in [-0.1, -0.05) is 40.2 Å². The average Bonchev–Trinajstić information content (AvgIpc) is 2.89. The fourth-order valence-corrected chi connectivity index (χ4v) is 1.94. The maximum absolute atomic E-state index is 3.45. The van der Waals surface area contributed by atoms with Gasteiger partial charge in [0.15, 0.2) is 0 Å². The van der Waals surface area contributed by atoms with Gasteiger partial charge < -0.3 is 0 Å². The second kappa shape index (κ2) is 3.61. The first-order valence-corrected chi connectivity index (χ1v) is 5.67. The van der Waals surface area contributed by atoms with Gasteiger partial charge in [0.25, 0.3) is 0 Å². The predicted molar refractivity (Wildman–Crippen MR) is 55.9 cm³/mol. The Hall–Kier alpha value is -0.300. The van der Waals surface area contributed by atoms with Gasteiger partial charge in [0.2, 0.25) is 0 Å². The van der Waals surface area contributed by atoms with Crippen LogP contribution in [0.4, 0.5) is 0 Å². The Morgan fingerprint density at radius 2 is 1.83 bits per heavy atom. The van der Waals surface area contributed by atoms with Crippen molar-refractivity contribution < 1.29 is 0 Å². The summed E-state index contributed by atoms with van der Waals surface area (Å²) < 4.78 is 0. The molecular formula is C11H13Br. The van der Waals surface area contributed by atoms with Crippen LogP contribution >= 0.6 is 15.9 Å². The second-order valence-electron chi connectivity index (χ2n) is 3.45. The van der Waals surface area contributed by atoms with E-state index in [1.807, 2.05) is 0 Å². The van der Waals surface area contributed by atoms with Crippen molar-refractivity contribution in [3.05, 3.63) is 35.4 Å². The van der Waals surface area contributed by atoms with E-state index in [1.165, 1.54) is 24.0 Å². The first kappa shape index (κ1) is 8.31. The Kier molecular flexibility index (Phi) is 2.50. The molecule has 0 bridgehead atoms. The zero-order chi connectivity index (χ0) is 8.39. The van der Waals surface area contributed by atoms with Gasteiger partial charge in [-0.05, 0) is 36.3 Å². The zero-order valence-electron chi connectivity index (χ0n) is 7.09. The largest absolute Gasteiger partial charge is 0.0924 e. The van der Waals surface area contributed by atoms with Crippen LogP contribution in [-0.2, 0) is 6.42 Å². The van der Waals surface area contributed by atoms with Crippen LogP contribution in [0.2, 0.25) is 0 Å². The summed E-state index contributed by atoms with van der Waals surface area (Å²) in [5, 5.41) is 1.07. The van der Waals surface area contributed by atoms with E-state index >= 15 is 0 Å². The number of hydrogen-bond donors (Lipinski definition) is 0. The normalized spacial score (nSPS) is 16.4. The molecule has 0 atom stereocenters. The number of alkyl halides is 1. The number of hydrogen-bond acceptors (Lipinski definition) is 0. The molecule has 1 aromatic rings. The quantitative estimate of drug-likeness (QED) is 0.690. The number of halogens is 1. The summed E-state index contributed by atoms with van der Waals surface area (Å²) in [6.45, 7) is 0. The van der Waals surface area contributed by atoms with Crippen molar-refractivity contribution in [2.24, 2.45) is 0 Å². The van der Waals surface area contributed by atoms with Crippen LogP contribution in [0.5, 0.6) is 0 Å². The number of rotatable bonds is 3. The Balaban J connectivity index is 2.08. The smallest absolute Gasteiger partial charge is 0.00718 e. The highest BCUT2D eigenvalue weighted by molar-refractivity contribution is 9.09. The van der Waals surface area contributed by atoms with Crippen LogP contribution in [0.3, 0.4) is 0 Å². The Morgan fingerprint density at radius 1 is 1.17 bits per heavy atom. The van der Waals surface area contributed by atoms with Crippen LogP contribution in [0.1, 0.15) is 29.9 Å². The topological polar surface area (TPSA) is 0 Å². The zero-order valence-corrected chi connectivity index (χ0v) is 8.68. The van der Waals surface area contributed by atoms with Crippen LogP contribution in [0, 0.1) is 0 Å². The molecule has 2 rings (SSSR count). The van der Waals surface area contributed by atoms with Gasteiger partial charge >= 0.3 is 0 Å². The third-order valence-corrected chi connectivity index (χ3v) is 2.81. The van der Waals surface area contributed by atoms with Gasteiger partial charge in [0.1, 0.15) is 0 Å². The maximum atomic E-state index is 3.45. The molecule has 1 aliphatic rings. The highest BCUT2D eigenvalue weighted by Crippen LogP contribution is 2.39. The summed E-state index contributed by atoms with van der Waals surface area (Å²) in [5.41, 5.74) is 2.98. The van der Waals surface area contributed by atoms with E-state index in [-0.39, 0.29) is 0 Å². The maximum Gasteiger partial charge on any atom is 0.00718 e. The van der Waals surface area contributed by atoms with Crippen molar-refractivity contribution in [3.63, 3.8) is 0 Å². The summed E-state index contributed by atoms with van der Waals surface area (Å²) in [7, 11) is 0. The first-order valence-electron chi connectivity index (χ1n) is 4.55. The van der Waals surface area contributed by atoms with Gasteiger partial charge in [0.05, 0.1) is 0 Å². The monoisotopic (exact) mass is 224 g/mol. The molecule has 0 unspecified atom stereocenters. The lowest BCUT2D eigenvalue weighted by Crippen LogP contribution is -1.86. The van der Waals surface area contributed by atoms with E-state index in [2.05, 4.69) is 40.2 Å². The van der Waals surface area contributed by atoms with Gasteiger partial charge in [-0.25, -0.2) is 0 Å². The number of aryl methyl sites for hydroxylation is 1. The summed E-state index contributed by atoms with van der Waals surface area (Å²) in [6, 6.07) is 9.09. The average molecular weight is 225 g/mol. The van der Waals surface area contributed by atoms with Crippen molar-refractivity contribution in [3.8, 4) is 0 Å². The molecule has 0 radical (unpaired) electrons. The molecule has 0 aliphatic heterocycles. The third kappa shape index (κ3) is 1.89. The predicted octanol–water partition coefficient (Wildman–Crippen LogP) is 3.50. The van der Waals surface area contributed by atoms with Crippen LogP contribution in [-0.4, -0.2) is 5.33 Å². The fourth-order valence-electron chi connectivity index (χ4n) is 1.48. The number of benzene rings is 1. The minimum Gasteiger partial charge on any atom is -0.0924 e. The minimum absolute atomic E-state index is 0.892. The van der Waals surface area contributed by atoms with E-state index in [0.29, 0.717) is 0 Å². The molecule has 0 aromatic heterocycles. The Bertz CT molecular complexity index is 246. The fraction of sp³-hybridized carbons (Fsp3) is 0.455. The molecular weight excluding hydrogens is 212 g/mol. The standard InChI is InChI=1S/C11H13Br/c12-8-7-9-1-3-10(4-2-9)11-5-6-11/h1-4,11H,5-8H2. The van der Waals surface area contributed by atoms with Crippen molar-refractivity contribution in [1.29, 1.82) is 0 Å². The van der Waals surface area contributed by atoms with Crippen molar-refractivity contribution in [2.45, 2.75) is 25.2 Å². The highest BCUT2D eigenvalue weighted by atomic mass is 79.9. The molecule has 64 valence electrons. The summed E-state index contributed by atoms with van der Waals surface area (Å²) in [4.78, 5) is 0. The molecule has 0 nitrogen and oxygen atoms in total. The van der Waals surface area contributed by atoms with Gasteiger partial charge in [-0.15, -0.1) is 0 Å². The SMILES string of the molecule is BrCCc1ccc(C2CC2)cc1. The van der Waals surface area contributed by atoms with E-state index < -0.39 is 0 Å². The molecule has 1 aromatic carbocycles. The van der Waals surface area contributed by atoms with Crippen molar-refractivity contribution >= 4 is 15.9 Å². The molecule has 1 saturated carbocycles. The second-order valence-corrected chi connectivity index (χ2v) is 4.25. The first-order chi connectivity index (χ1) is 5.90. The van der Waals surface area contributed by atoms with E-state index in [4.69, 9.17) is 0 Å². The highest BCUT2D eigenvalue weighted by Gasteiger charge is 2.22. The third-order valence-electron chi connectivity index (χ3n) is 2.41. The molecule has 1 fully saturated rings. The molecule has 12 heavy (non-hydrogen) atoms. The van der Waals surface area contributed by atoms with Crippen molar-refractivity contribution in [1.82, 2.24) is 0 Å². The molecule has 0 spiro atoms. The minimum atomic E-state index is 0.892. The van der Waals surface area contributed by atoms with E-state index in [9.17, 15) is 0 Å². The lowest BCUT2D eigenvalue weighted by molar-refractivity contribution is 1.10. The molecule has 0 saturated heterocycles. The lowest BCUT2D eigenvalue weighted by Gasteiger charge is -2.00. The molecule has 1 heteroatoms. The van der Waals surface area contributed by atoms with Crippen molar-refractivity contribution in [2.75, 3.05) is 5.33 Å². The summed E-state index contributed by atoms with van der Waals surface area (Å²) in [5.74, 6) is 0.892.